The number of anilines is 1. The van der Waals surface area contributed by atoms with Gasteiger partial charge in [-0.05, 0) is 51.7 Å². The highest BCUT2D eigenvalue weighted by molar-refractivity contribution is 9.10. The second-order valence-electron chi connectivity index (χ2n) is 5.48. The van der Waals surface area contributed by atoms with Crippen LogP contribution in [-0.2, 0) is 0 Å². The summed E-state index contributed by atoms with van der Waals surface area (Å²) in [6.07, 6.45) is 2.70. The minimum Gasteiger partial charge on any atom is -0.384 e. The Morgan fingerprint density at radius 2 is 2.32 bits per heavy atom. The van der Waals surface area contributed by atoms with Crippen LogP contribution in [0.25, 0.3) is 0 Å². The summed E-state index contributed by atoms with van der Waals surface area (Å²) in [5.74, 6) is 0. The van der Waals surface area contributed by atoms with Crippen molar-refractivity contribution in [2.45, 2.75) is 18.9 Å². The Morgan fingerprint density at radius 1 is 1.47 bits per heavy atom. The number of hydrogen-bond donors (Lipinski definition) is 1. The van der Waals surface area contributed by atoms with Crippen LogP contribution in [0.2, 0.25) is 0 Å². The molecule has 0 aliphatic carbocycles. The van der Waals surface area contributed by atoms with Crippen LogP contribution in [0.15, 0.2) is 28.7 Å². The summed E-state index contributed by atoms with van der Waals surface area (Å²) in [5.41, 5.74) is 1.18. The first-order chi connectivity index (χ1) is 9.15. The van der Waals surface area contributed by atoms with E-state index in [0.29, 0.717) is 0 Å². The molecule has 1 N–H and O–H groups in total. The summed E-state index contributed by atoms with van der Waals surface area (Å²) in [4.78, 5) is 4.91. The molecule has 0 saturated carbocycles. The van der Waals surface area contributed by atoms with E-state index in [-0.39, 0.29) is 0 Å². The predicted molar refractivity (Wildman–Crippen MR) is 85.8 cm³/mol. The molecule has 0 radical (unpaired) electrons. The lowest BCUT2D eigenvalue weighted by molar-refractivity contribution is 0.224. The molecule has 19 heavy (non-hydrogen) atoms. The van der Waals surface area contributed by atoms with Gasteiger partial charge in [-0.25, -0.2) is 0 Å². The first-order valence-electron chi connectivity index (χ1n) is 7.03. The van der Waals surface area contributed by atoms with Crippen molar-refractivity contribution in [3.8, 4) is 0 Å². The number of nitrogens with zero attached hydrogens (tertiary/aromatic N) is 2. The van der Waals surface area contributed by atoms with Gasteiger partial charge in [-0.2, -0.15) is 0 Å². The number of rotatable bonds is 6. The highest BCUT2D eigenvalue weighted by atomic mass is 79.9. The van der Waals surface area contributed by atoms with Gasteiger partial charge in [0.25, 0.3) is 0 Å². The smallest absolute Gasteiger partial charge is 0.0351 e. The zero-order valence-electron chi connectivity index (χ0n) is 11.9. The van der Waals surface area contributed by atoms with E-state index in [1.54, 1.807) is 0 Å². The second-order valence-corrected chi connectivity index (χ2v) is 6.39. The molecule has 0 spiro atoms. The molecule has 3 nitrogen and oxygen atoms in total. The summed E-state index contributed by atoms with van der Waals surface area (Å²) in [7, 11) is 4.46. The van der Waals surface area contributed by atoms with Gasteiger partial charge < -0.3 is 15.1 Å². The molecule has 1 atom stereocenters. The second kappa shape index (κ2) is 7.27. The zero-order chi connectivity index (χ0) is 13.7. The maximum atomic E-state index is 3.49. The largest absolute Gasteiger partial charge is 0.384 e. The van der Waals surface area contributed by atoms with Crippen LogP contribution in [0.5, 0.6) is 0 Å². The molecule has 0 bridgehead atoms. The van der Waals surface area contributed by atoms with Crippen molar-refractivity contribution in [3.05, 3.63) is 28.7 Å². The Labute approximate surface area is 125 Å². The van der Waals surface area contributed by atoms with Crippen LogP contribution in [0.4, 0.5) is 5.69 Å². The van der Waals surface area contributed by atoms with Gasteiger partial charge >= 0.3 is 0 Å². The molecule has 1 fully saturated rings. The van der Waals surface area contributed by atoms with Crippen LogP contribution in [0, 0.1) is 0 Å². The van der Waals surface area contributed by atoms with Gasteiger partial charge in [-0.3, -0.25) is 0 Å². The third kappa shape index (κ3) is 4.79. The predicted octanol–water partition coefficient (Wildman–Crippen LogP) is 2.89. The highest BCUT2D eigenvalue weighted by Crippen LogP contribution is 2.16. The van der Waals surface area contributed by atoms with Crippen LogP contribution in [-0.4, -0.2) is 56.1 Å². The van der Waals surface area contributed by atoms with E-state index < -0.39 is 0 Å². The molecular weight excluding hydrogens is 302 g/mol. The van der Waals surface area contributed by atoms with Gasteiger partial charge in [0.15, 0.2) is 0 Å². The molecule has 106 valence electrons. The Bertz CT molecular complexity index is 397. The van der Waals surface area contributed by atoms with Crippen molar-refractivity contribution >= 4 is 21.6 Å². The van der Waals surface area contributed by atoms with E-state index in [4.69, 9.17) is 0 Å². The van der Waals surface area contributed by atoms with Gasteiger partial charge in [0, 0.05) is 35.8 Å². The topological polar surface area (TPSA) is 18.5 Å². The number of benzene rings is 1. The van der Waals surface area contributed by atoms with Crippen molar-refractivity contribution in [1.82, 2.24) is 9.80 Å². The molecule has 1 unspecified atom stereocenters. The molecule has 1 aliphatic heterocycles. The molecule has 1 saturated heterocycles. The Balaban J connectivity index is 1.67. The lowest BCUT2D eigenvalue weighted by Gasteiger charge is -2.25. The molecule has 0 amide bonds. The SMILES string of the molecule is CN(CCNc1cccc(Br)c1)CC1CCCN1C. The third-order valence-corrected chi connectivity index (χ3v) is 4.33. The standard InChI is InChI=1S/C15H24BrN3/c1-18(12-15-7-4-9-19(15)2)10-8-17-14-6-3-5-13(16)11-14/h3,5-6,11,15,17H,4,7-10,12H2,1-2H3. The molecule has 2 rings (SSSR count). The van der Waals surface area contributed by atoms with E-state index in [9.17, 15) is 0 Å². The maximum absolute atomic E-state index is 3.49. The summed E-state index contributed by atoms with van der Waals surface area (Å²) in [5, 5.41) is 3.47. The molecular formula is C15H24BrN3. The van der Waals surface area contributed by atoms with Crippen LogP contribution in [0.1, 0.15) is 12.8 Å². The van der Waals surface area contributed by atoms with Crippen molar-refractivity contribution in [2.75, 3.05) is 45.6 Å². The number of halogens is 1. The minimum atomic E-state index is 0.746. The highest BCUT2D eigenvalue weighted by Gasteiger charge is 2.21. The fourth-order valence-electron chi connectivity index (χ4n) is 2.65. The molecule has 1 aromatic carbocycles. The Morgan fingerprint density at radius 3 is 3.00 bits per heavy atom. The van der Waals surface area contributed by atoms with Crippen LogP contribution in [0.3, 0.4) is 0 Å². The molecule has 1 aromatic rings. The first-order valence-corrected chi connectivity index (χ1v) is 7.82. The number of nitrogens with one attached hydrogen (secondary N) is 1. The third-order valence-electron chi connectivity index (χ3n) is 3.84. The average molecular weight is 326 g/mol. The van der Waals surface area contributed by atoms with Crippen molar-refractivity contribution in [3.63, 3.8) is 0 Å². The Kier molecular flexibility index (Phi) is 5.67. The van der Waals surface area contributed by atoms with Gasteiger partial charge in [-0.15, -0.1) is 0 Å². The van der Waals surface area contributed by atoms with Crippen LogP contribution >= 0.6 is 15.9 Å². The Hall–Kier alpha value is -0.580. The van der Waals surface area contributed by atoms with Crippen LogP contribution < -0.4 is 5.32 Å². The summed E-state index contributed by atoms with van der Waals surface area (Å²) in [6, 6.07) is 9.08. The van der Waals surface area contributed by atoms with E-state index >= 15 is 0 Å². The van der Waals surface area contributed by atoms with Gasteiger partial charge in [0.1, 0.15) is 0 Å². The molecule has 1 heterocycles. The monoisotopic (exact) mass is 325 g/mol. The summed E-state index contributed by atoms with van der Waals surface area (Å²) >= 11 is 3.49. The zero-order valence-corrected chi connectivity index (χ0v) is 13.5. The maximum Gasteiger partial charge on any atom is 0.0351 e. The fraction of sp³-hybridized carbons (Fsp3) is 0.600. The minimum absolute atomic E-state index is 0.746. The quantitative estimate of drug-likeness (QED) is 0.867. The summed E-state index contributed by atoms with van der Waals surface area (Å²) in [6.45, 7) is 4.51. The normalized spacial score (nSPS) is 20.1. The van der Waals surface area contributed by atoms with E-state index in [1.807, 2.05) is 6.07 Å². The first kappa shape index (κ1) is 14.8. The van der Waals surface area contributed by atoms with Gasteiger partial charge in [0.05, 0.1) is 0 Å². The molecule has 4 heteroatoms. The van der Waals surface area contributed by atoms with Gasteiger partial charge in [-0.1, -0.05) is 22.0 Å². The van der Waals surface area contributed by atoms with Crippen molar-refractivity contribution in [2.24, 2.45) is 0 Å². The average Bonchev–Trinajstić information content (AvgIpc) is 2.75. The van der Waals surface area contributed by atoms with E-state index in [0.717, 1.165) is 23.6 Å². The number of likely N-dealkylation sites (N-methyl/N-ethyl adjacent to an activating group) is 2. The molecule has 0 aromatic heterocycles. The van der Waals surface area contributed by atoms with E-state index in [2.05, 4.69) is 63.3 Å². The molecule has 1 aliphatic rings. The van der Waals surface area contributed by atoms with Crippen molar-refractivity contribution < 1.29 is 0 Å². The lowest BCUT2D eigenvalue weighted by Crippen LogP contribution is -2.38. The van der Waals surface area contributed by atoms with Crippen molar-refractivity contribution in [1.29, 1.82) is 0 Å². The van der Waals surface area contributed by atoms with E-state index in [1.165, 1.54) is 31.6 Å². The summed E-state index contributed by atoms with van der Waals surface area (Å²) < 4.78 is 1.12. The fourth-order valence-corrected chi connectivity index (χ4v) is 3.05. The lowest BCUT2D eigenvalue weighted by atomic mass is 10.2. The number of likely N-dealkylation sites (tertiary alicyclic amines) is 1. The number of hydrogen-bond acceptors (Lipinski definition) is 3. The van der Waals surface area contributed by atoms with Gasteiger partial charge in [0.2, 0.25) is 0 Å².